The first-order chi connectivity index (χ1) is 53.2. The Labute approximate surface area is 689 Å². The lowest BCUT2D eigenvalue weighted by molar-refractivity contribution is 0.198. The number of hydrogen-bond acceptors (Lipinski definition) is 10. The molecule has 0 N–H and O–H groups in total. The smallest absolute Gasteiger partial charge is 0.125 e. The van der Waals surface area contributed by atoms with Gasteiger partial charge in [-0.1, -0.05) is 263 Å². The van der Waals surface area contributed by atoms with Crippen LogP contribution in [-0.4, -0.2) is 83.3 Å². The van der Waals surface area contributed by atoms with E-state index in [4.69, 9.17) is 47.4 Å². The summed E-state index contributed by atoms with van der Waals surface area (Å²) >= 11 is 0. The van der Waals surface area contributed by atoms with Crippen molar-refractivity contribution in [3.63, 3.8) is 0 Å². The minimum Gasteiger partial charge on any atom is -0.496 e. The third-order valence-electron chi connectivity index (χ3n) is 23.2. The predicted octanol–water partition coefficient (Wildman–Crippen LogP) is 24.8. The molecule has 16 bridgehead atoms. The molecule has 0 spiro atoms. The first-order valence-electron chi connectivity index (χ1n) is 41.9. The molecule has 0 aromatic heterocycles. The van der Waals surface area contributed by atoms with Crippen LogP contribution in [0.4, 0.5) is 0 Å². The van der Waals surface area contributed by atoms with Gasteiger partial charge in [-0.15, -0.1) is 0 Å². The second-order valence-corrected chi connectivity index (χ2v) is 40.7. The van der Waals surface area contributed by atoms with Crippen molar-refractivity contribution in [3.05, 3.63) is 231 Å². The third kappa shape index (κ3) is 21.6. The van der Waals surface area contributed by atoms with Gasteiger partial charge in [0.2, 0.25) is 0 Å². The fraction of sp³-hybridized carbons (Fsp3) is 0.538. The third-order valence-corrected chi connectivity index (χ3v) is 23.2. The fourth-order valence-corrected chi connectivity index (χ4v) is 16.4. The van der Waals surface area contributed by atoms with E-state index in [0.29, 0.717) is 51.4 Å². The summed E-state index contributed by atoms with van der Waals surface area (Å²) in [4.78, 5) is 0. The van der Waals surface area contributed by atoms with Crippen LogP contribution >= 0.6 is 0 Å². The van der Waals surface area contributed by atoms with Crippen LogP contribution in [0.1, 0.15) is 325 Å². The average molecular weight is 1550 g/mol. The van der Waals surface area contributed by atoms with E-state index in [0.717, 1.165) is 161 Å². The first kappa shape index (κ1) is 90.0. The van der Waals surface area contributed by atoms with E-state index in [1.54, 1.807) is 0 Å². The lowest BCUT2D eigenvalue weighted by Crippen LogP contribution is -2.17. The maximum Gasteiger partial charge on any atom is 0.125 e. The molecule has 2 heterocycles. The Kier molecular flexibility index (Phi) is 28.3. The zero-order valence-electron chi connectivity index (χ0n) is 76.6. The minimum absolute atomic E-state index is 0.0638. The van der Waals surface area contributed by atoms with Crippen molar-refractivity contribution in [1.29, 1.82) is 0 Å². The molecule has 0 unspecified atom stereocenters. The SMILES string of the molecule is C1CCOC1.C1CCOC1.COc1c2cc(C(C)(C)C)cc1Cc1cc(C(C)(C)C)cc(c1OC)Cc1cc(C(C)(C)C)cc(c1OC)Cc1cc(C(C)(C)C)cc(c1OC)C2.COc1c2cc(C(C)(C)C)cc1Cc1cc(C(C)(C)C)cc(c1OC)Cc1cc(C(C)(C)C)cc(c1OC)Cc1cc(C(C)(C)C)cc(c1OC)C2. The Balaban J connectivity index is 0.000000232. The number of benzene rings is 8. The monoisotopic (exact) mass is 1550 g/mol. The molecule has 0 amide bonds. The Morgan fingerprint density at radius 1 is 0.167 bits per heavy atom. The van der Waals surface area contributed by atoms with Crippen molar-refractivity contribution >= 4 is 0 Å². The van der Waals surface area contributed by atoms with Crippen LogP contribution in [0, 0.1) is 0 Å². The molecule has 2 fully saturated rings. The maximum absolute atomic E-state index is 6.39. The van der Waals surface area contributed by atoms with Gasteiger partial charge in [0, 0.05) is 77.8 Å². The largest absolute Gasteiger partial charge is 0.496 e. The average Bonchev–Trinajstić information content (AvgIpc) is 0.779. The molecule has 8 aromatic carbocycles. The molecular weight excluding hydrogens is 1410 g/mol. The van der Waals surface area contributed by atoms with Gasteiger partial charge in [0.1, 0.15) is 46.0 Å². The summed E-state index contributed by atoms with van der Waals surface area (Å²) in [5, 5.41) is 0. The molecule has 12 rings (SSSR count). The number of ether oxygens (including phenoxy) is 10. The second kappa shape index (κ2) is 35.9. The summed E-state index contributed by atoms with van der Waals surface area (Å²) in [6, 6.07) is 37.6. The molecule has 0 radical (unpaired) electrons. The lowest BCUT2D eigenvalue weighted by Gasteiger charge is -2.28. The molecule has 4 aliphatic rings. The van der Waals surface area contributed by atoms with Gasteiger partial charge in [-0.2, -0.15) is 0 Å². The quantitative estimate of drug-likeness (QED) is 0.146. The molecule has 10 heteroatoms. The Morgan fingerprint density at radius 2 is 0.254 bits per heavy atom. The molecule has 10 nitrogen and oxygen atoms in total. The van der Waals surface area contributed by atoms with Crippen LogP contribution in [-0.2, 0) is 104 Å². The molecule has 8 aromatic rings. The van der Waals surface area contributed by atoms with Crippen molar-refractivity contribution in [1.82, 2.24) is 0 Å². The van der Waals surface area contributed by atoms with Gasteiger partial charge in [-0.25, -0.2) is 0 Å². The highest BCUT2D eigenvalue weighted by Gasteiger charge is 2.33. The standard InChI is InChI=1S/2C48H64O4.2C4H8O/c2*1-45(2,3)37-21-29-17-31-23-38(46(4,5)6)25-33(42(31)50-14)19-35-27-40(48(10,11)12)28-36(44(35)52-16)20-34-26-39(47(7,8)9)24-32(43(34)51-15)18-30(22-37)41(29)49-13;2*1-2-4-5-3-1/h2*21-28H,17-20H2,1-16H3;2*1-4H2. The molecule has 2 aliphatic carbocycles. The number of fused-ring (bicyclic) bond motifs is 16. The molecule has 114 heavy (non-hydrogen) atoms. The second-order valence-electron chi connectivity index (χ2n) is 40.7. The van der Waals surface area contributed by atoms with E-state index in [1.165, 1.54) is 70.2 Å². The van der Waals surface area contributed by atoms with Gasteiger partial charge >= 0.3 is 0 Å². The van der Waals surface area contributed by atoms with Crippen molar-refractivity contribution in [3.8, 4) is 46.0 Å². The summed E-state index contributed by atoms with van der Waals surface area (Å²) in [6.07, 6.45) is 10.5. The van der Waals surface area contributed by atoms with Crippen molar-refractivity contribution < 1.29 is 47.4 Å². The number of methoxy groups -OCH3 is 8. The van der Waals surface area contributed by atoms with Crippen LogP contribution in [0.5, 0.6) is 46.0 Å². The van der Waals surface area contributed by atoms with E-state index in [1.807, 2.05) is 56.9 Å². The Morgan fingerprint density at radius 3 is 0.307 bits per heavy atom. The van der Waals surface area contributed by atoms with E-state index in [9.17, 15) is 0 Å². The molecule has 0 atom stereocenters. The summed E-state index contributed by atoms with van der Waals surface area (Å²) in [6.45, 7) is 59.0. The summed E-state index contributed by atoms with van der Waals surface area (Å²) in [5.41, 5.74) is 28.3. The normalized spacial score (nSPS) is 14.7. The maximum atomic E-state index is 6.39. The molecule has 2 aliphatic heterocycles. The van der Waals surface area contributed by atoms with Crippen LogP contribution in [0.2, 0.25) is 0 Å². The predicted molar refractivity (Wildman–Crippen MR) is 476 cm³/mol. The van der Waals surface area contributed by atoms with Gasteiger partial charge < -0.3 is 47.4 Å². The van der Waals surface area contributed by atoms with Gasteiger partial charge in [0.05, 0.1) is 56.9 Å². The van der Waals surface area contributed by atoms with Gasteiger partial charge in [0.25, 0.3) is 0 Å². The fourth-order valence-electron chi connectivity index (χ4n) is 16.4. The lowest BCUT2D eigenvalue weighted by atomic mass is 9.79. The molecule has 620 valence electrons. The van der Waals surface area contributed by atoms with E-state index >= 15 is 0 Å². The molecule has 0 saturated carbocycles. The van der Waals surface area contributed by atoms with Gasteiger partial charge in [-0.05, 0) is 203 Å². The minimum atomic E-state index is -0.0638. The summed E-state index contributed by atoms with van der Waals surface area (Å²) < 4.78 is 61.0. The van der Waals surface area contributed by atoms with Crippen molar-refractivity contribution in [2.75, 3.05) is 83.3 Å². The summed E-state index contributed by atoms with van der Waals surface area (Å²) in [7, 11) is 14.5. The Hall–Kier alpha value is -7.92. The van der Waals surface area contributed by atoms with E-state index in [2.05, 4.69) is 263 Å². The van der Waals surface area contributed by atoms with Gasteiger partial charge in [-0.3, -0.25) is 0 Å². The van der Waals surface area contributed by atoms with E-state index < -0.39 is 0 Å². The highest BCUT2D eigenvalue weighted by atomic mass is 16.5. The van der Waals surface area contributed by atoms with Crippen LogP contribution in [0.15, 0.2) is 97.1 Å². The summed E-state index contributed by atoms with van der Waals surface area (Å²) in [5.74, 6) is 7.42. The van der Waals surface area contributed by atoms with E-state index in [-0.39, 0.29) is 43.3 Å². The number of hydrogen-bond donors (Lipinski definition) is 0. The highest BCUT2D eigenvalue weighted by molar-refractivity contribution is 5.63. The topological polar surface area (TPSA) is 92.3 Å². The Bertz CT molecular complexity index is 3600. The van der Waals surface area contributed by atoms with Crippen LogP contribution in [0.3, 0.4) is 0 Å². The zero-order valence-corrected chi connectivity index (χ0v) is 76.6. The molecule has 2 saturated heterocycles. The highest BCUT2D eigenvalue weighted by Crippen LogP contribution is 2.48. The van der Waals surface area contributed by atoms with Gasteiger partial charge in [0.15, 0.2) is 0 Å². The molecular formula is C104H144O10. The van der Waals surface area contributed by atoms with Crippen molar-refractivity contribution in [2.24, 2.45) is 0 Å². The number of rotatable bonds is 8. The van der Waals surface area contributed by atoms with Crippen molar-refractivity contribution in [2.45, 2.75) is 287 Å². The zero-order chi connectivity index (χ0) is 84.2. The van der Waals surface area contributed by atoms with Crippen LogP contribution in [0.25, 0.3) is 0 Å². The first-order valence-corrected chi connectivity index (χ1v) is 41.9. The van der Waals surface area contributed by atoms with Crippen LogP contribution < -0.4 is 37.9 Å².